The van der Waals surface area contributed by atoms with Gasteiger partial charge in [-0.1, -0.05) is 6.08 Å². The summed E-state index contributed by atoms with van der Waals surface area (Å²) < 4.78 is 5.36. The molecule has 0 aromatic heterocycles. The zero-order valence-corrected chi connectivity index (χ0v) is 7.05. The van der Waals surface area contributed by atoms with Gasteiger partial charge in [0.15, 0.2) is 0 Å². The summed E-state index contributed by atoms with van der Waals surface area (Å²) >= 11 is 0. The van der Waals surface area contributed by atoms with Crippen LogP contribution < -0.4 is 0 Å². The van der Waals surface area contributed by atoms with Gasteiger partial charge in [0, 0.05) is 25.4 Å². The van der Waals surface area contributed by atoms with E-state index in [0.717, 1.165) is 19.1 Å². The summed E-state index contributed by atoms with van der Waals surface area (Å²) in [5, 5.41) is 0. The fourth-order valence-corrected chi connectivity index (χ4v) is 1.91. The van der Waals surface area contributed by atoms with Crippen molar-refractivity contribution in [1.29, 1.82) is 0 Å². The van der Waals surface area contributed by atoms with Crippen LogP contribution in [0.1, 0.15) is 13.3 Å². The van der Waals surface area contributed by atoms with E-state index in [9.17, 15) is 0 Å². The summed E-state index contributed by atoms with van der Waals surface area (Å²) in [7, 11) is 0. The molecule has 1 saturated heterocycles. The first-order chi connectivity index (χ1) is 5.40. The Morgan fingerprint density at radius 1 is 1.73 bits per heavy atom. The monoisotopic (exact) mass is 153 g/mol. The van der Waals surface area contributed by atoms with Gasteiger partial charge in [-0.25, -0.2) is 0 Å². The highest BCUT2D eigenvalue weighted by molar-refractivity contribution is 5.15. The second kappa shape index (κ2) is 2.86. The number of rotatable bonds is 3. The Kier molecular flexibility index (Phi) is 1.86. The Balaban J connectivity index is 1.90. The van der Waals surface area contributed by atoms with E-state index in [1.165, 1.54) is 25.2 Å². The predicted octanol–water partition coefficient (Wildman–Crippen LogP) is 1.24. The topological polar surface area (TPSA) is 12.5 Å². The first-order valence-electron chi connectivity index (χ1n) is 4.43. The van der Waals surface area contributed by atoms with Crippen LogP contribution >= 0.6 is 0 Å². The fraction of sp³-hybridized carbons (Fsp3) is 0.778. The van der Waals surface area contributed by atoms with Crippen LogP contribution in [0.5, 0.6) is 0 Å². The van der Waals surface area contributed by atoms with Gasteiger partial charge >= 0.3 is 0 Å². The van der Waals surface area contributed by atoms with E-state index >= 15 is 0 Å². The maximum Gasteiger partial charge on any atom is 0.0861 e. The van der Waals surface area contributed by atoms with Crippen LogP contribution in [0.3, 0.4) is 0 Å². The van der Waals surface area contributed by atoms with Crippen LogP contribution in [-0.2, 0) is 4.74 Å². The molecular formula is C9H15NO. The molecular weight excluding hydrogens is 138 g/mol. The van der Waals surface area contributed by atoms with Crippen LogP contribution in [0.15, 0.2) is 11.8 Å². The van der Waals surface area contributed by atoms with Crippen molar-refractivity contribution in [1.82, 2.24) is 4.90 Å². The number of ether oxygens (including phenoxy) is 1. The summed E-state index contributed by atoms with van der Waals surface area (Å²) in [6.45, 7) is 6.21. The van der Waals surface area contributed by atoms with Gasteiger partial charge in [-0.3, -0.25) is 0 Å². The summed E-state index contributed by atoms with van der Waals surface area (Å²) in [6.07, 6.45) is 3.73. The van der Waals surface area contributed by atoms with E-state index in [4.69, 9.17) is 4.74 Å². The van der Waals surface area contributed by atoms with Gasteiger partial charge in [0.05, 0.1) is 6.61 Å². The second-order valence-corrected chi connectivity index (χ2v) is 3.29. The predicted molar refractivity (Wildman–Crippen MR) is 44.3 cm³/mol. The van der Waals surface area contributed by atoms with Crippen molar-refractivity contribution in [3.05, 3.63) is 11.8 Å². The van der Waals surface area contributed by atoms with Crippen molar-refractivity contribution in [2.24, 2.45) is 5.92 Å². The maximum absolute atomic E-state index is 5.36. The molecule has 0 amide bonds. The van der Waals surface area contributed by atoms with Crippen molar-refractivity contribution in [3.8, 4) is 0 Å². The largest absolute Gasteiger partial charge is 0.376 e. The van der Waals surface area contributed by atoms with Gasteiger partial charge in [0.2, 0.25) is 0 Å². The van der Waals surface area contributed by atoms with Crippen LogP contribution in [0.4, 0.5) is 0 Å². The number of nitrogens with zero attached hydrogens (tertiary/aromatic N) is 1. The van der Waals surface area contributed by atoms with Crippen LogP contribution in [0.25, 0.3) is 0 Å². The summed E-state index contributed by atoms with van der Waals surface area (Å²) in [6, 6.07) is 0. The summed E-state index contributed by atoms with van der Waals surface area (Å²) in [5.41, 5.74) is 1.42. The van der Waals surface area contributed by atoms with Crippen molar-refractivity contribution < 1.29 is 4.74 Å². The smallest absolute Gasteiger partial charge is 0.0861 e. The molecule has 2 nitrogen and oxygen atoms in total. The molecule has 2 aliphatic heterocycles. The Labute approximate surface area is 67.8 Å². The third kappa shape index (κ3) is 1.27. The molecule has 2 rings (SSSR count). The molecule has 2 bridgehead atoms. The molecule has 2 heterocycles. The highest BCUT2D eigenvalue weighted by atomic mass is 16.5. The minimum absolute atomic E-state index is 0.826. The quantitative estimate of drug-likeness (QED) is 0.605. The molecule has 1 fully saturated rings. The second-order valence-electron chi connectivity index (χ2n) is 3.29. The van der Waals surface area contributed by atoms with E-state index in [-0.39, 0.29) is 0 Å². The highest BCUT2D eigenvalue weighted by Crippen LogP contribution is 2.29. The molecule has 2 aliphatic rings. The molecule has 0 aromatic rings. The van der Waals surface area contributed by atoms with Gasteiger partial charge in [-0.2, -0.15) is 0 Å². The van der Waals surface area contributed by atoms with E-state index in [2.05, 4.69) is 11.0 Å². The summed E-state index contributed by atoms with van der Waals surface area (Å²) in [4.78, 5) is 2.44. The first-order valence-corrected chi connectivity index (χ1v) is 4.43. The molecule has 0 saturated carbocycles. The zero-order valence-electron chi connectivity index (χ0n) is 7.05. The Bertz CT molecular complexity index is 176. The van der Waals surface area contributed by atoms with Gasteiger partial charge in [-0.05, 0) is 19.3 Å². The molecule has 0 N–H and O–H groups in total. The number of fused-ring (bicyclic) bond motifs is 2. The normalized spacial score (nSPS) is 27.9. The SMILES string of the molecule is CCOCC1=CC2CCN1C2. The molecule has 0 radical (unpaired) electrons. The van der Waals surface area contributed by atoms with E-state index in [1.807, 2.05) is 6.92 Å². The number of hydrogen-bond donors (Lipinski definition) is 0. The molecule has 0 aromatic carbocycles. The minimum Gasteiger partial charge on any atom is -0.376 e. The molecule has 0 aliphatic carbocycles. The molecule has 2 heteroatoms. The molecule has 62 valence electrons. The van der Waals surface area contributed by atoms with Gasteiger partial charge in [-0.15, -0.1) is 0 Å². The molecule has 1 unspecified atom stereocenters. The highest BCUT2D eigenvalue weighted by Gasteiger charge is 2.29. The lowest BCUT2D eigenvalue weighted by Crippen LogP contribution is -2.19. The van der Waals surface area contributed by atoms with E-state index in [0.29, 0.717) is 0 Å². The summed E-state index contributed by atoms with van der Waals surface area (Å²) in [5.74, 6) is 0.838. The van der Waals surface area contributed by atoms with Crippen molar-refractivity contribution >= 4 is 0 Å². The first kappa shape index (κ1) is 7.17. The Morgan fingerprint density at radius 3 is 3.18 bits per heavy atom. The fourth-order valence-electron chi connectivity index (χ4n) is 1.91. The third-order valence-corrected chi connectivity index (χ3v) is 2.51. The Morgan fingerprint density at radius 2 is 2.64 bits per heavy atom. The average Bonchev–Trinajstić information content (AvgIpc) is 2.60. The molecule has 1 atom stereocenters. The maximum atomic E-state index is 5.36. The Hall–Kier alpha value is -0.500. The van der Waals surface area contributed by atoms with Crippen molar-refractivity contribution in [3.63, 3.8) is 0 Å². The lowest BCUT2D eigenvalue weighted by atomic mass is 10.1. The zero-order chi connectivity index (χ0) is 7.68. The van der Waals surface area contributed by atoms with Crippen LogP contribution in [0.2, 0.25) is 0 Å². The van der Waals surface area contributed by atoms with Gasteiger partial charge in [0.1, 0.15) is 0 Å². The number of hydrogen-bond acceptors (Lipinski definition) is 2. The average molecular weight is 153 g/mol. The van der Waals surface area contributed by atoms with E-state index in [1.54, 1.807) is 0 Å². The van der Waals surface area contributed by atoms with Gasteiger partial charge < -0.3 is 9.64 Å². The minimum atomic E-state index is 0.826. The standard InChI is InChI=1S/C9H15NO/c1-2-11-7-9-5-8-3-4-10(9)6-8/h5,8H,2-4,6-7H2,1H3. The van der Waals surface area contributed by atoms with Crippen LogP contribution in [-0.4, -0.2) is 31.2 Å². The van der Waals surface area contributed by atoms with Crippen molar-refractivity contribution in [2.75, 3.05) is 26.3 Å². The van der Waals surface area contributed by atoms with Crippen LogP contribution in [0, 0.1) is 5.92 Å². The lowest BCUT2D eigenvalue weighted by molar-refractivity contribution is 0.152. The van der Waals surface area contributed by atoms with E-state index < -0.39 is 0 Å². The molecule has 0 spiro atoms. The van der Waals surface area contributed by atoms with Gasteiger partial charge in [0.25, 0.3) is 0 Å². The molecule has 11 heavy (non-hydrogen) atoms. The van der Waals surface area contributed by atoms with Crippen molar-refractivity contribution in [2.45, 2.75) is 13.3 Å². The lowest BCUT2D eigenvalue weighted by Gasteiger charge is -2.18. The third-order valence-electron chi connectivity index (χ3n) is 2.51.